The minimum Gasteiger partial charge on any atom is -0.370 e. The molecule has 2 N–H and O–H groups in total. The van der Waals surface area contributed by atoms with Gasteiger partial charge in [-0.25, -0.2) is 0 Å². The van der Waals surface area contributed by atoms with Crippen molar-refractivity contribution in [3.05, 3.63) is 35.9 Å². The van der Waals surface area contributed by atoms with Crippen LogP contribution in [0.5, 0.6) is 0 Å². The maximum Gasteiger partial charge on any atom is 0.223 e. The van der Waals surface area contributed by atoms with Crippen LogP contribution in [-0.4, -0.2) is 65.9 Å². The Balaban J connectivity index is 0.00000225. The van der Waals surface area contributed by atoms with Crippen molar-refractivity contribution in [1.29, 1.82) is 0 Å². The number of nitrogens with zero attached hydrogens (tertiary/aromatic N) is 3. The number of carbonyl (C=O) groups excluding carboxylic acids is 1. The lowest BCUT2D eigenvalue weighted by molar-refractivity contribution is -0.127. The third kappa shape index (κ3) is 6.06. The standard InChI is InChI=1S/C18H26N4OS.HI/c19-18(21-8-10-24-11-9-21)20-13-16-12-17(23)22(14-16)7-6-15-4-2-1-3-5-15;/h1-5,16H,6-14H2,(H2,19,20);1H. The number of amides is 1. The molecule has 2 fully saturated rings. The van der Waals surface area contributed by atoms with Crippen LogP contribution in [0.2, 0.25) is 0 Å². The van der Waals surface area contributed by atoms with Gasteiger partial charge in [0.2, 0.25) is 5.91 Å². The van der Waals surface area contributed by atoms with Gasteiger partial charge in [0, 0.05) is 56.6 Å². The third-order valence-corrected chi connectivity index (χ3v) is 5.60. The normalized spacial score (nSPS) is 21.4. The molecule has 1 aromatic carbocycles. The van der Waals surface area contributed by atoms with Gasteiger partial charge in [0.25, 0.3) is 0 Å². The number of hydrogen-bond donors (Lipinski definition) is 1. The Morgan fingerprint density at radius 3 is 2.68 bits per heavy atom. The van der Waals surface area contributed by atoms with E-state index < -0.39 is 0 Å². The van der Waals surface area contributed by atoms with Crippen molar-refractivity contribution >= 4 is 47.6 Å². The second-order valence-corrected chi connectivity index (χ2v) is 7.67. The summed E-state index contributed by atoms with van der Waals surface area (Å²) in [5.74, 6) is 3.42. The average Bonchev–Trinajstić information content (AvgIpc) is 2.99. The van der Waals surface area contributed by atoms with Gasteiger partial charge in [0.05, 0.1) is 0 Å². The first-order valence-electron chi connectivity index (χ1n) is 8.66. The van der Waals surface area contributed by atoms with Crippen LogP contribution in [0.4, 0.5) is 0 Å². The summed E-state index contributed by atoms with van der Waals surface area (Å²) in [4.78, 5) is 20.9. The molecule has 0 radical (unpaired) electrons. The molecule has 2 heterocycles. The molecular weight excluding hydrogens is 447 g/mol. The fraction of sp³-hybridized carbons (Fsp3) is 0.556. The summed E-state index contributed by atoms with van der Waals surface area (Å²) in [5, 5.41) is 0. The number of carbonyl (C=O) groups is 1. The molecule has 3 rings (SSSR count). The molecule has 1 amide bonds. The minimum atomic E-state index is 0. The van der Waals surface area contributed by atoms with E-state index >= 15 is 0 Å². The lowest BCUT2D eigenvalue weighted by Gasteiger charge is -2.27. The number of guanidine groups is 1. The van der Waals surface area contributed by atoms with Gasteiger partial charge < -0.3 is 15.5 Å². The Morgan fingerprint density at radius 2 is 1.96 bits per heavy atom. The van der Waals surface area contributed by atoms with Crippen LogP contribution in [0.3, 0.4) is 0 Å². The fourth-order valence-corrected chi connectivity index (χ4v) is 4.12. The third-order valence-electron chi connectivity index (χ3n) is 4.65. The lowest BCUT2D eigenvalue weighted by atomic mass is 10.1. The highest BCUT2D eigenvalue weighted by Gasteiger charge is 2.29. The number of likely N-dealkylation sites (tertiary alicyclic amines) is 1. The van der Waals surface area contributed by atoms with Crippen LogP contribution < -0.4 is 5.73 Å². The van der Waals surface area contributed by atoms with Gasteiger partial charge in [0.1, 0.15) is 0 Å². The minimum absolute atomic E-state index is 0. The highest BCUT2D eigenvalue weighted by molar-refractivity contribution is 14.0. The smallest absolute Gasteiger partial charge is 0.223 e. The van der Waals surface area contributed by atoms with E-state index in [0.717, 1.165) is 44.1 Å². The molecule has 0 spiro atoms. The number of halogens is 1. The number of nitrogens with two attached hydrogens (primary N) is 1. The Bertz CT molecular complexity index is 578. The first kappa shape index (κ1) is 20.4. The molecule has 1 atom stereocenters. The van der Waals surface area contributed by atoms with E-state index in [-0.39, 0.29) is 29.9 Å². The molecule has 2 saturated heterocycles. The van der Waals surface area contributed by atoms with Crippen LogP contribution in [0.1, 0.15) is 12.0 Å². The van der Waals surface area contributed by atoms with Crippen LogP contribution in [-0.2, 0) is 11.2 Å². The van der Waals surface area contributed by atoms with Gasteiger partial charge in [-0.15, -0.1) is 24.0 Å². The van der Waals surface area contributed by atoms with Crippen molar-refractivity contribution in [3.63, 3.8) is 0 Å². The average molecular weight is 474 g/mol. The Hall–Kier alpha value is -0.960. The monoisotopic (exact) mass is 474 g/mol. The highest BCUT2D eigenvalue weighted by atomic mass is 127. The van der Waals surface area contributed by atoms with E-state index in [1.807, 2.05) is 34.9 Å². The molecule has 0 saturated carbocycles. The predicted octanol–water partition coefficient (Wildman–Crippen LogP) is 2.06. The second kappa shape index (κ2) is 10.3. The maximum atomic E-state index is 12.2. The van der Waals surface area contributed by atoms with Gasteiger partial charge in [-0.2, -0.15) is 11.8 Å². The van der Waals surface area contributed by atoms with Gasteiger partial charge in [-0.3, -0.25) is 9.79 Å². The summed E-state index contributed by atoms with van der Waals surface area (Å²) in [6.07, 6.45) is 1.51. The van der Waals surface area contributed by atoms with E-state index in [4.69, 9.17) is 5.73 Å². The van der Waals surface area contributed by atoms with Crippen molar-refractivity contribution in [1.82, 2.24) is 9.80 Å². The molecule has 0 aromatic heterocycles. The molecule has 0 bridgehead atoms. The summed E-state index contributed by atoms with van der Waals surface area (Å²) >= 11 is 1.96. The molecule has 25 heavy (non-hydrogen) atoms. The number of rotatable bonds is 5. The molecule has 2 aliphatic rings. The largest absolute Gasteiger partial charge is 0.370 e. The Morgan fingerprint density at radius 1 is 1.24 bits per heavy atom. The van der Waals surface area contributed by atoms with Crippen LogP contribution >= 0.6 is 35.7 Å². The van der Waals surface area contributed by atoms with Crippen molar-refractivity contribution in [2.75, 3.05) is 44.2 Å². The zero-order valence-corrected chi connectivity index (χ0v) is 17.6. The summed E-state index contributed by atoms with van der Waals surface area (Å²) in [6, 6.07) is 10.3. The summed E-state index contributed by atoms with van der Waals surface area (Å²) in [5.41, 5.74) is 7.38. The molecular formula is C18H27IN4OS. The van der Waals surface area contributed by atoms with E-state index in [1.165, 1.54) is 5.56 Å². The molecule has 2 aliphatic heterocycles. The van der Waals surface area contributed by atoms with Crippen LogP contribution in [0.25, 0.3) is 0 Å². The van der Waals surface area contributed by atoms with Crippen molar-refractivity contribution < 1.29 is 4.79 Å². The van der Waals surface area contributed by atoms with Crippen LogP contribution in [0.15, 0.2) is 35.3 Å². The first-order valence-corrected chi connectivity index (χ1v) is 9.82. The fourth-order valence-electron chi connectivity index (χ4n) is 3.22. The number of thioether (sulfide) groups is 1. The van der Waals surface area contributed by atoms with E-state index in [2.05, 4.69) is 22.0 Å². The Labute approximate surface area is 171 Å². The maximum absolute atomic E-state index is 12.2. The molecule has 7 heteroatoms. The van der Waals surface area contributed by atoms with Gasteiger partial charge in [-0.05, 0) is 12.0 Å². The molecule has 0 aliphatic carbocycles. The lowest BCUT2D eigenvalue weighted by Crippen LogP contribution is -2.43. The number of hydrogen-bond acceptors (Lipinski definition) is 3. The van der Waals surface area contributed by atoms with E-state index in [9.17, 15) is 4.79 Å². The summed E-state index contributed by atoms with van der Waals surface area (Å²) in [7, 11) is 0. The van der Waals surface area contributed by atoms with Crippen molar-refractivity contribution in [3.8, 4) is 0 Å². The van der Waals surface area contributed by atoms with Gasteiger partial charge >= 0.3 is 0 Å². The zero-order chi connectivity index (χ0) is 16.8. The quantitative estimate of drug-likeness (QED) is 0.403. The number of benzene rings is 1. The highest BCUT2D eigenvalue weighted by Crippen LogP contribution is 2.19. The molecule has 1 aromatic rings. The van der Waals surface area contributed by atoms with Gasteiger partial charge in [-0.1, -0.05) is 30.3 Å². The first-order chi connectivity index (χ1) is 11.7. The molecule has 138 valence electrons. The second-order valence-electron chi connectivity index (χ2n) is 6.44. The van der Waals surface area contributed by atoms with E-state index in [0.29, 0.717) is 24.8 Å². The summed E-state index contributed by atoms with van der Waals surface area (Å²) in [6.45, 7) is 4.21. The topological polar surface area (TPSA) is 61.9 Å². The van der Waals surface area contributed by atoms with Gasteiger partial charge in [0.15, 0.2) is 5.96 Å². The van der Waals surface area contributed by atoms with Crippen molar-refractivity contribution in [2.45, 2.75) is 12.8 Å². The molecule has 1 unspecified atom stereocenters. The SMILES string of the molecule is I.NC(=NCC1CC(=O)N(CCc2ccccc2)C1)N1CCSCC1. The number of aliphatic imine (C=N–C) groups is 1. The molecule has 5 nitrogen and oxygen atoms in total. The van der Waals surface area contributed by atoms with E-state index in [1.54, 1.807) is 0 Å². The predicted molar refractivity (Wildman–Crippen MR) is 116 cm³/mol. The zero-order valence-electron chi connectivity index (χ0n) is 14.5. The van der Waals surface area contributed by atoms with Crippen molar-refractivity contribution in [2.24, 2.45) is 16.6 Å². The Kier molecular flexibility index (Phi) is 8.35. The summed E-state index contributed by atoms with van der Waals surface area (Å²) < 4.78 is 0. The van der Waals surface area contributed by atoms with Crippen LogP contribution in [0, 0.1) is 5.92 Å².